The molecule has 0 atom stereocenters. The third kappa shape index (κ3) is 3.39. The molecule has 0 aliphatic carbocycles. The van der Waals surface area contributed by atoms with Crippen LogP contribution in [-0.4, -0.2) is 12.6 Å². The van der Waals surface area contributed by atoms with Gasteiger partial charge in [0.2, 0.25) is 0 Å². The zero-order valence-electron chi connectivity index (χ0n) is 9.36. The number of esters is 1. The van der Waals surface area contributed by atoms with E-state index in [-0.39, 0.29) is 18.3 Å². The maximum absolute atomic E-state index is 11.5. The van der Waals surface area contributed by atoms with E-state index in [1.165, 1.54) is 0 Å². The Balaban J connectivity index is 3.13. The number of carbonyl (C=O) groups is 1. The third-order valence-electron chi connectivity index (χ3n) is 2.29. The summed E-state index contributed by atoms with van der Waals surface area (Å²) in [5, 5.41) is 8.95. The average Bonchev–Trinajstić information content (AvgIpc) is 2.31. The first kappa shape index (κ1) is 13.9. The summed E-state index contributed by atoms with van der Waals surface area (Å²) in [6.07, 6.45) is 0.0875. The van der Waals surface area contributed by atoms with Crippen molar-refractivity contribution < 1.29 is 9.53 Å². The van der Waals surface area contributed by atoms with Gasteiger partial charge in [0.15, 0.2) is 0 Å². The molecule has 5 heteroatoms. The van der Waals surface area contributed by atoms with Gasteiger partial charge in [0, 0.05) is 10.8 Å². The van der Waals surface area contributed by atoms with Gasteiger partial charge >= 0.3 is 5.97 Å². The number of nitrogens with zero attached hydrogens (tertiary/aromatic N) is 1. The van der Waals surface area contributed by atoms with Crippen LogP contribution in [0.1, 0.15) is 23.6 Å². The maximum atomic E-state index is 11.5. The first-order chi connectivity index (χ1) is 8.13. The molecule has 0 saturated heterocycles. The Bertz CT molecular complexity index is 468. The fraction of sp³-hybridized carbons (Fsp3) is 0.333. The minimum Gasteiger partial charge on any atom is -0.466 e. The van der Waals surface area contributed by atoms with E-state index in [0.717, 1.165) is 0 Å². The summed E-state index contributed by atoms with van der Waals surface area (Å²) in [7, 11) is 0. The van der Waals surface area contributed by atoms with Crippen LogP contribution in [0, 0.1) is 11.3 Å². The zero-order chi connectivity index (χ0) is 12.8. The van der Waals surface area contributed by atoms with Crippen LogP contribution in [0.15, 0.2) is 17.0 Å². The molecular formula is C12H12ClNO2S. The SMILES string of the molecule is CCOC(=O)Cc1c(S)ccc(C#N)c1CCl. The van der Waals surface area contributed by atoms with Crippen LogP contribution in [0.4, 0.5) is 0 Å². The summed E-state index contributed by atoms with van der Waals surface area (Å²) in [5.41, 5.74) is 1.78. The summed E-state index contributed by atoms with van der Waals surface area (Å²) in [4.78, 5) is 12.1. The highest BCUT2D eigenvalue weighted by Gasteiger charge is 2.14. The van der Waals surface area contributed by atoms with Gasteiger partial charge in [-0.25, -0.2) is 0 Å². The molecule has 0 aliphatic rings. The molecule has 0 bridgehead atoms. The van der Waals surface area contributed by atoms with Gasteiger partial charge in [0.1, 0.15) is 0 Å². The third-order valence-corrected chi connectivity index (χ3v) is 2.97. The first-order valence-electron chi connectivity index (χ1n) is 5.09. The molecule has 90 valence electrons. The van der Waals surface area contributed by atoms with Crippen molar-refractivity contribution in [3.05, 3.63) is 28.8 Å². The van der Waals surface area contributed by atoms with E-state index < -0.39 is 0 Å². The molecule has 17 heavy (non-hydrogen) atoms. The van der Waals surface area contributed by atoms with E-state index in [1.807, 2.05) is 6.07 Å². The molecule has 0 heterocycles. The van der Waals surface area contributed by atoms with Gasteiger partial charge in [-0.1, -0.05) is 0 Å². The smallest absolute Gasteiger partial charge is 0.310 e. The Kier molecular flexibility index (Phi) is 5.33. The quantitative estimate of drug-likeness (QED) is 0.519. The normalized spacial score (nSPS) is 9.76. The van der Waals surface area contributed by atoms with E-state index in [1.54, 1.807) is 19.1 Å². The Labute approximate surface area is 111 Å². The van der Waals surface area contributed by atoms with Crippen molar-refractivity contribution in [2.75, 3.05) is 6.61 Å². The van der Waals surface area contributed by atoms with Gasteiger partial charge in [-0.3, -0.25) is 4.79 Å². The molecule has 1 aromatic rings. The van der Waals surface area contributed by atoms with Crippen molar-refractivity contribution in [2.24, 2.45) is 0 Å². The van der Waals surface area contributed by atoms with Gasteiger partial charge < -0.3 is 4.74 Å². The van der Waals surface area contributed by atoms with Crippen molar-refractivity contribution in [3.8, 4) is 6.07 Å². The standard InChI is InChI=1S/C12H12ClNO2S/c1-2-16-12(15)5-9-10(6-13)8(7-14)3-4-11(9)17/h3-4,17H,2,5-6H2,1H3. The average molecular weight is 270 g/mol. The number of nitriles is 1. The Hall–Kier alpha value is -1.18. The van der Waals surface area contributed by atoms with Crippen molar-refractivity contribution in [2.45, 2.75) is 24.1 Å². The largest absolute Gasteiger partial charge is 0.466 e. The van der Waals surface area contributed by atoms with Gasteiger partial charge in [0.25, 0.3) is 0 Å². The van der Waals surface area contributed by atoms with Crippen LogP contribution in [0.2, 0.25) is 0 Å². The second kappa shape index (κ2) is 6.53. The molecule has 0 aliphatic heterocycles. The summed E-state index contributed by atoms with van der Waals surface area (Å²) in [6, 6.07) is 5.38. The Morgan fingerprint density at radius 3 is 2.76 bits per heavy atom. The highest BCUT2D eigenvalue weighted by atomic mass is 35.5. The lowest BCUT2D eigenvalue weighted by atomic mass is 10.0. The molecule has 1 aromatic carbocycles. The summed E-state index contributed by atoms with van der Waals surface area (Å²) < 4.78 is 4.87. The van der Waals surface area contributed by atoms with Crippen LogP contribution in [-0.2, 0) is 21.8 Å². The predicted molar refractivity (Wildman–Crippen MR) is 68.3 cm³/mol. The monoisotopic (exact) mass is 269 g/mol. The molecule has 0 fully saturated rings. The number of benzene rings is 1. The number of rotatable bonds is 4. The molecule has 0 N–H and O–H groups in total. The van der Waals surface area contributed by atoms with Crippen LogP contribution < -0.4 is 0 Å². The molecule has 0 saturated carbocycles. The van der Waals surface area contributed by atoms with Crippen LogP contribution in [0.3, 0.4) is 0 Å². The zero-order valence-corrected chi connectivity index (χ0v) is 11.0. The van der Waals surface area contributed by atoms with E-state index in [2.05, 4.69) is 12.6 Å². The Morgan fingerprint density at radius 2 is 2.24 bits per heavy atom. The minimum absolute atomic E-state index is 0.0875. The Morgan fingerprint density at radius 1 is 1.53 bits per heavy atom. The number of thiol groups is 1. The van der Waals surface area contributed by atoms with Gasteiger partial charge in [-0.15, -0.1) is 24.2 Å². The lowest BCUT2D eigenvalue weighted by Crippen LogP contribution is -2.10. The fourth-order valence-corrected chi connectivity index (χ4v) is 2.09. The molecular weight excluding hydrogens is 258 g/mol. The van der Waals surface area contributed by atoms with Crippen molar-refractivity contribution >= 4 is 30.2 Å². The van der Waals surface area contributed by atoms with E-state index >= 15 is 0 Å². The second-order valence-electron chi connectivity index (χ2n) is 3.32. The van der Waals surface area contributed by atoms with E-state index in [4.69, 9.17) is 21.6 Å². The second-order valence-corrected chi connectivity index (χ2v) is 4.07. The summed E-state index contributed by atoms with van der Waals surface area (Å²) in [5.74, 6) is -0.171. The highest BCUT2D eigenvalue weighted by Crippen LogP contribution is 2.24. The van der Waals surface area contributed by atoms with Gasteiger partial charge in [-0.2, -0.15) is 5.26 Å². The van der Waals surface area contributed by atoms with Crippen LogP contribution in [0.5, 0.6) is 0 Å². The summed E-state index contributed by atoms with van der Waals surface area (Å²) in [6.45, 7) is 2.07. The molecule has 0 radical (unpaired) electrons. The van der Waals surface area contributed by atoms with Crippen molar-refractivity contribution in [3.63, 3.8) is 0 Å². The first-order valence-corrected chi connectivity index (χ1v) is 6.07. The lowest BCUT2D eigenvalue weighted by molar-refractivity contribution is -0.142. The molecule has 0 unspecified atom stereocenters. The molecule has 0 spiro atoms. The number of hydrogen-bond donors (Lipinski definition) is 1. The molecule has 1 rings (SSSR count). The van der Waals surface area contributed by atoms with Gasteiger partial charge in [0.05, 0.1) is 24.7 Å². The molecule has 0 amide bonds. The highest BCUT2D eigenvalue weighted by molar-refractivity contribution is 7.80. The lowest BCUT2D eigenvalue weighted by Gasteiger charge is -2.11. The maximum Gasteiger partial charge on any atom is 0.310 e. The van der Waals surface area contributed by atoms with Crippen molar-refractivity contribution in [1.29, 1.82) is 5.26 Å². The summed E-state index contributed by atoms with van der Waals surface area (Å²) >= 11 is 10.1. The number of carbonyl (C=O) groups excluding carboxylic acids is 1. The topological polar surface area (TPSA) is 50.1 Å². The van der Waals surface area contributed by atoms with Crippen molar-refractivity contribution in [1.82, 2.24) is 0 Å². The molecule has 3 nitrogen and oxygen atoms in total. The minimum atomic E-state index is -0.343. The number of alkyl halides is 1. The predicted octanol–water partition coefficient (Wildman–Crippen LogP) is 2.69. The fourth-order valence-electron chi connectivity index (χ4n) is 1.49. The number of ether oxygens (including phenoxy) is 1. The van der Waals surface area contributed by atoms with E-state index in [0.29, 0.717) is 28.2 Å². The molecule has 0 aromatic heterocycles. The van der Waals surface area contributed by atoms with Crippen LogP contribution in [0.25, 0.3) is 0 Å². The van der Waals surface area contributed by atoms with Crippen LogP contribution >= 0.6 is 24.2 Å². The number of halogens is 1. The number of hydrogen-bond acceptors (Lipinski definition) is 4. The van der Waals surface area contributed by atoms with Gasteiger partial charge in [-0.05, 0) is 30.2 Å². The van der Waals surface area contributed by atoms with E-state index in [9.17, 15) is 4.79 Å².